The van der Waals surface area contributed by atoms with E-state index in [9.17, 15) is 0 Å². The van der Waals surface area contributed by atoms with Gasteiger partial charge in [-0.05, 0) is 24.1 Å². The normalized spacial score (nSPS) is 12.6. The Bertz CT molecular complexity index is 481. The Kier molecular flexibility index (Phi) is 3.76. The minimum absolute atomic E-state index is 0.155. The summed E-state index contributed by atoms with van der Waals surface area (Å²) >= 11 is 5.81. The average molecular weight is 252 g/mol. The quantitative estimate of drug-likeness (QED) is 0.907. The molecule has 0 saturated carbocycles. The molecule has 0 saturated heterocycles. The number of nitrogens with zero attached hydrogens (tertiary/aromatic N) is 2. The van der Waals surface area contributed by atoms with Crippen molar-refractivity contribution in [3.8, 4) is 0 Å². The lowest BCUT2D eigenvalue weighted by Crippen LogP contribution is -2.10. The van der Waals surface area contributed by atoms with Crippen molar-refractivity contribution in [1.29, 1.82) is 0 Å². The van der Waals surface area contributed by atoms with Crippen molar-refractivity contribution >= 4 is 11.6 Å². The molecule has 0 aliphatic heterocycles. The van der Waals surface area contributed by atoms with Gasteiger partial charge in [-0.2, -0.15) is 4.98 Å². The van der Waals surface area contributed by atoms with Crippen LogP contribution in [0, 0.1) is 0 Å². The maximum absolute atomic E-state index is 5.82. The molecule has 1 atom stereocenters. The summed E-state index contributed by atoms with van der Waals surface area (Å²) in [7, 11) is 0. The Balaban J connectivity index is 2.08. The first-order valence-electron chi connectivity index (χ1n) is 5.51. The molecule has 2 aromatic rings. The minimum atomic E-state index is -0.155. The highest BCUT2D eigenvalue weighted by atomic mass is 35.5. The van der Waals surface area contributed by atoms with E-state index in [0.717, 1.165) is 12.0 Å². The summed E-state index contributed by atoms with van der Waals surface area (Å²) in [5.74, 6) is 1.14. The highest BCUT2D eigenvalue weighted by Gasteiger charge is 2.12. The molecule has 90 valence electrons. The van der Waals surface area contributed by atoms with Gasteiger partial charge in [-0.3, -0.25) is 0 Å². The van der Waals surface area contributed by atoms with Gasteiger partial charge in [0.25, 0.3) is 0 Å². The number of hydrogen-bond acceptors (Lipinski definition) is 4. The lowest BCUT2D eigenvalue weighted by atomic mass is 10.1. The summed E-state index contributed by atoms with van der Waals surface area (Å²) < 4.78 is 5.15. The van der Waals surface area contributed by atoms with Crippen LogP contribution in [0.1, 0.15) is 36.7 Å². The van der Waals surface area contributed by atoms with Crippen LogP contribution >= 0.6 is 11.6 Å². The number of hydrogen-bond donors (Lipinski definition) is 1. The summed E-state index contributed by atoms with van der Waals surface area (Å²) in [5, 5.41) is 4.58. The van der Waals surface area contributed by atoms with Crippen LogP contribution in [0.25, 0.3) is 0 Å². The molecule has 0 radical (unpaired) electrons. The first-order chi connectivity index (χ1) is 8.19. The van der Waals surface area contributed by atoms with Gasteiger partial charge in [0.05, 0.1) is 12.5 Å². The van der Waals surface area contributed by atoms with Crippen LogP contribution in [-0.2, 0) is 6.42 Å². The number of benzene rings is 1. The molecular formula is C12H14ClN3O. The Morgan fingerprint density at radius 3 is 2.71 bits per heavy atom. The van der Waals surface area contributed by atoms with Gasteiger partial charge in [0.15, 0.2) is 5.82 Å². The van der Waals surface area contributed by atoms with Crippen molar-refractivity contribution in [2.45, 2.75) is 25.8 Å². The lowest BCUT2D eigenvalue weighted by Gasteiger charge is -1.99. The first-order valence-corrected chi connectivity index (χ1v) is 5.89. The second-order valence-electron chi connectivity index (χ2n) is 3.86. The summed E-state index contributed by atoms with van der Waals surface area (Å²) in [5.41, 5.74) is 6.90. The molecule has 0 bridgehead atoms. The van der Waals surface area contributed by atoms with E-state index in [2.05, 4.69) is 10.1 Å². The largest absolute Gasteiger partial charge is 0.339 e. The highest BCUT2D eigenvalue weighted by Crippen LogP contribution is 2.14. The van der Waals surface area contributed by atoms with Gasteiger partial charge >= 0.3 is 0 Å². The van der Waals surface area contributed by atoms with Gasteiger partial charge in [0.1, 0.15) is 0 Å². The predicted molar refractivity (Wildman–Crippen MR) is 65.8 cm³/mol. The van der Waals surface area contributed by atoms with Crippen molar-refractivity contribution in [2.24, 2.45) is 5.73 Å². The molecule has 1 aromatic carbocycles. The van der Waals surface area contributed by atoms with Crippen molar-refractivity contribution in [1.82, 2.24) is 10.1 Å². The second-order valence-corrected chi connectivity index (χ2v) is 4.30. The Hall–Kier alpha value is -1.39. The smallest absolute Gasteiger partial charge is 0.231 e. The van der Waals surface area contributed by atoms with Gasteiger partial charge < -0.3 is 10.3 Å². The topological polar surface area (TPSA) is 64.9 Å². The fraction of sp³-hybridized carbons (Fsp3) is 0.333. The van der Waals surface area contributed by atoms with Gasteiger partial charge in [-0.1, -0.05) is 35.8 Å². The van der Waals surface area contributed by atoms with Crippen molar-refractivity contribution in [3.63, 3.8) is 0 Å². The van der Waals surface area contributed by atoms with Crippen LogP contribution in [0.2, 0.25) is 5.02 Å². The lowest BCUT2D eigenvalue weighted by molar-refractivity contribution is 0.375. The molecule has 0 amide bonds. The summed E-state index contributed by atoms with van der Waals surface area (Å²) in [4.78, 5) is 4.26. The molecule has 0 fully saturated rings. The molecule has 2 N–H and O–H groups in total. The third-order valence-electron chi connectivity index (χ3n) is 2.52. The third kappa shape index (κ3) is 3.05. The fourth-order valence-electron chi connectivity index (χ4n) is 1.45. The highest BCUT2D eigenvalue weighted by molar-refractivity contribution is 6.30. The van der Waals surface area contributed by atoms with Crippen LogP contribution in [0.5, 0.6) is 0 Å². The van der Waals surface area contributed by atoms with Crippen LogP contribution in [0.15, 0.2) is 28.8 Å². The minimum Gasteiger partial charge on any atom is -0.339 e. The van der Waals surface area contributed by atoms with E-state index in [1.807, 2.05) is 31.2 Å². The molecule has 2 rings (SSSR count). The summed E-state index contributed by atoms with van der Waals surface area (Å²) in [6, 6.07) is 7.40. The Morgan fingerprint density at radius 2 is 2.06 bits per heavy atom. The van der Waals surface area contributed by atoms with Crippen molar-refractivity contribution in [2.75, 3.05) is 0 Å². The molecule has 1 aromatic heterocycles. The molecule has 0 aliphatic rings. The number of rotatable bonds is 4. The SMILES string of the molecule is CCC(N)c1noc(Cc2ccc(Cl)cc2)n1. The van der Waals surface area contributed by atoms with E-state index < -0.39 is 0 Å². The van der Waals surface area contributed by atoms with E-state index in [0.29, 0.717) is 23.2 Å². The van der Waals surface area contributed by atoms with Gasteiger partial charge in [-0.25, -0.2) is 0 Å². The van der Waals surface area contributed by atoms with Gasteiger partial charge in [0.2, 0.25) is 5.89 Å². The third-order valence-corrected chi connectivity index (χ3v) is 2.78. The fourth-order valence-corrected chi connectivity index (χ4v) is 1.58. The molecule has 17 heavy (non-hydrogen) atoms. The van der Waals surface area contributed by atoms with E-state index in [1.54, 1.807) is 0 Å². The summed E-state index contributed by atoms with van der Waals surface area (Å²) in [6.07, 6.45) is 1.39. The maximum Gasteiger partial charge on any atom is 0.231 e. The number of aromatic nitrogens is 2. The molecule has 1 unspecified atom stereocenters. The zero-order valence-electron chi connectivity index (χ0n) is 9.56. The van der Waals surface area contributed by atoms with E-state index >= 15 is 0 Å². The first kappa shape index (κ1) is 12.1. The van der Waals surface area contributed by atoms with E-state index in [-0.39, 0.29) is 6.04 Å². The zero-order chi connectivity index (χ0) is 12.3. The van der Waals surface area contributed by atoms with E-state index in [1.165, 1.54) is 0 Å². The van der Waals surface area contributed by atoms with Crippen LogP contribution in [0.4, 0.5) is 0 Å². The Morgan fingerprint density at radius 1 is 1.35 bits per heavy atom. The van der Waals surface area contributed by atoms with Crippen molar-refractivity contribution in [3.05, 3.63) is 46.6 Å². The van der Waals surface area contributed by atoms with Crippen LogP contribution in [-0.4, -0.2) is 10.1 Å². The number of nitrogens with two attached hydrogens (primary N) is 1. The molecule has 1 heterocycles. The van der Waals surface area contributed by atoms with Crippen LogP contribution < -0.4 is 5.73 Å². The van der Waals surface area contributed by atoms with E-state index in [4.69, 9.17) is 21.9 Å². The predicted octanol–water partition coefficient (Wildman–Crippen LogP) is 2.72. The van der Waals surface area contributed by atoms with Crippen molar-refractivity contribution < 1.29 is 4.52 Å². The average Bonchev–Trinajstić information content (AvgIpc) is 2.80. The van der Waals surface area contributed by atoms with Gasteiger partial charge in [-0.15, -0.1) is 0 Å². The molecule has 0 spiro atoms. The summed E-state index contributed by atoms with van der Waals surface area (Å²) in [6.45, 7) is 1.99. The zero-order valence-corrected chi connectivity index (χ0v) is 10.3. The number of halogens is 1. The van der Waals surface area contributed by atoms with Gasteiger partial charge in [0, 0.05) is 5.02 Å². The Labute approximate surface area is 105 Å². The van der Waals surface area contributed by atoms with Crippen LogP contribution in [0.3, 0.4) is 0 Å². The monoisotopic (exact) mass is 251 g/mol. The molecule has 5 heteroatoms. The standard InChI is InChI=1S/C12H14ClN3O/c1-2-10(14)12-15-11(17-16-12)7-8-3-5-9(13)6-4-8/h3-6,10H,2,7,14H2,1H3. The molecule has 0 aliphatic carbocycles. The maximum atomic E-state index is 5.82. The molecular weight excluding hydrogens is 238 g/mol. The molecule has 4 nitrogen and oxygen atoms in total. The second kappa shape index (κ2) is 5.29.